The normalized spacial score (nSPS) is 10.8. The van der Waals surface area contributed by atoms with Gasteiger partial charge < -0.3 is 15.2 Å². The maximum atomic E-state index is 12.4. The van der Waals surface area contributed by atoms with Crippen molar-refractivity contribution in [3.8, 4) is 11.1 Å². The lowest BCUT2D eigenvalue weighted by Crippen LogP contribution is -2.22. The minimum absolute atomic E-state index is 0.224. The highest BCUT2D eigenvalue weighted by Gasteiger charge is 2.21. The fraction of sp³-hybridized carbons (Fsp3) is 0.435. The third-order valence-electron chi connectivity index (χ3n) is 4.56. The van der Waals surface area contributed by atoms with Crippen molar-refractivity contribution in [1.29, 1.82) is 0 Å². The van der Waals surface area contributed by atoms with Crippen LogP contribution in [0.4, 0.5) is 10.5 Å². The van der Waals surface area contributed by atoms with E-state index in [0.29, 0.717) is 17.3 Å². The summed E-state index contributed by atoms with van der Waals surface area (Å²) < 4.78 is 9.80. The highest BCUT2D eigenvalue weighted by atomic mass is 16.6. The van der Waals surface area contributed by atoms with E-state index in [1.54, 1.807) is 6.92 Å². The van der Waals surface area contributed by atoms with Crippen LogP contribution in [0.1, 0.15) is 43.3 Å². The number of carbonyl (C=O) groups is 2. The Morgan fingerprint density at radius 1 is 1.13 bits per heavy atom. The number of aromatic nitrogens is 1. The molecule has 0 radical (unpaired) electrons. The number of pyridine rings is 1. The molecule has 0 atom stereocenters. The van der Waals surface area contributed by atoms with E-state index >= 15 is 0 Å². The second-order valence-corrected chi connectivity index (χ2v) is 7.55. The molecule has 30 heavy (non-hydrogen) atoms. The fourth-order valence-electron chi connectivity index (χ4n) is 3.23. The summed E-state index contributed by atoms with van der Waals surface area (Å²) >= 11 is 0. The van der Waals surface area contributed by atoms with Crippen LogP contribution in [0.2, 0.25) is 0 Å². The third-order valence-corrected chi connectivity index (χ3v) is 4.56. The highest BCUT2D eigenvalue weighted by molar-refractivity contribution is 5.94. The Bertz CT molecular complexity index is 892. The van der Waals surface area contributed by atoms with Gasteiger partial charge in [-0.1, -0.05) is 43.7 Å². The number of hydrogen-bond donors (Lipinski definition) is 2. The molecule has 0 saturated carbocycles. The number of benzene rings is 1. The summed E-state index contributed by atoms with van der Waals surface area (Å²) in [4.78, 5) is 28.6. The second-order valence-electron chi connectivity index (χ2n) is 7.55. The summed E-state index contributed by atoms with van der Waals surface area (Å²) in [5.41, 5.74) is 12.0. The topological polar surface area (TPSA) is 104 Å². The zero-order chi connectivity index (χ0) is 22.3. The molecule has 1 amide bonds. The zero-order valence-corrected chi connectivity index (χ0v) is 18.4. The average molecular weight is 414 g/mol. The van der Waals surface area contributed by atoms with Gasteiger partial charge in [0, 0.05) is 17.8 Å². The molecule has 0 unspecified atom stereocenters. The van der Waals surface area contributed by atoms with E-state index in [4.69, 9.17) is 20.2 Å². The minimum Gasteiger partial charge on any atom is -0.463 e. The SMILES string of the molecule is CCOC(=O)COC(=O)Nc1c(C)nc(CC(C)C)c(CN)c1-c1ccc(C)cc1. The van der Waals surface area contributed by atoms with Crippen LogP contribution in [-0.4, -0.2) is 30.3 Å². The number of nitrogens with one attached hydrogen (secondary N) is 1. The van der Waals surface area contributed by atoms with E-state index < -0.39 is 18.7 Å². The van der Waals surface area contributed by atoms with Crippen LogP contribution in [0, 0.1) is 19.8 Å². The molecule has 0 fully saturated rings. The van der Waals surface area contributed by atoms with Gasteiger partial charge in [-0.3, -0.25) is 10.3 Å². The van der Waals surface area contributed by atoms with Gasteiger partial charge in [0.2, 0.25) is 0 Å². The molecule has 162 valence electrons. The number of hydrogen-bond acceptors (Lipinski definition) is 6. The van der Waals surface area contributed by atoms with Gasteiger partial charge >= 0.3 is 12.1 Å². The lowest BCUT2D eigenvalue weighted by Gasteiger charge is -2.21. The van der Waals surface area contributed by atoms with Crippen LogP contribution < -0.4 is 11.1 Å². The number of nitrogens with two attached hydrogens (primary N) is 1. The first-order chi connectivity index (χ1) is 14.3. The van der Waals surface area contributed by atoms with Crippen LogP contribution in [-0.2, 0) is 27.2 Å². The first-order valence-electron chi connectivity index (χ1n) is 10.2. The molecule has 3 N–H and O–H groups in total. The summed E-state index contributed by atoms with van der Waals surface area (Å²) in [5, 5.41) is 2.76. The fourth-order valence-corrected chi connectivity index (χ4v) is 3.23. The van der Waals surface area contributed by atoms with Gasteiger partial charge in [0.15, 0.2) is 6.61 Å². The third kappa shape index (κ3) is 6.03. The lowest BCUT2D eigenvalue weighted by molar-refractivity contribution is -0.146. The Balaban J connectivity index is 2.48. The van der Waals surface area contributed by atoms with Crippen molar-refractivity contribution < 1.29 is 19.1 Å². The number of nitrogens with zero attached hydrogens (tertiary/aromatic N) is 1. The highest BCUT2D eigenvalue weighted by Crippen LogP contribution is 2.36. The molecule has 1 aromatic heterocycles. The molecule has 7 heteroatoms. The molecular weight excluding hydrogens is 382 g/mol. The molecule has 0 spiro atoms. The molecule has 0 aliphatic carbocycles. The molecule has 2 aromatic rings. The van der Waals surface area contributed by atoms with Crippen molar-refractivity contribution in [2.24, 2.45) is 11.7 Å². The van der Waals surface area contributed by atoms with Crippen molar-refractivity contribution >= 4 is 17.7 Å². The molecule has 7 nitrogen and oxygen atoms in total. The molecule has 2 rings (SSSR count). The molecular formula is C23H31N3O4. The number of amides is 1. The molecule has 1 aromatic carbocycles. The summed E-state index contributed by atoms with van der Waals surface area (Å²) in [7, 11) is 0. The van der Waals surface area contributed by atoms with E-state index in [0.717, 1.165) is 34.4 Å². The summed E-state index contributed by atoms with van der Waals surface area (Å²) in [5.74, 6) is -0.197. The van der Waals surface area contributed by atoms with E-state index in [1.165, 1.54) is 0 Å². The van der Waals surface area contributed by atoms with Gasteiger partial charge in [-0.2, -0.15) is 0 Å². The van der Waals surface area contributed by atoms with Gasteiger partial charge in [-0.15, -0.1) is 0 Å². The maximum absolute atomic E-state index is 12.4. The Labute approximate surface area is 178 Å². The Kier molecular flexibility index (Phi) is 8.35. The minimum atomic E-state index is -0.749. The first-order valence-corrected chi connectivity index (χ1v) is 10.2. The van der Waals surface area contributed by atoms with E-state index in [2.05, 4.69) is 19.2 Å². The van der Waals surface area contributed by atoms with Crippen LogP contribution in [0.25, 0.3) is 11.1 Å². The number of esters is 1. The number of carbonyl (C=O) groups excluding carboxylic acids is 2. The average Bonchev–Trinajstić information content (AvgIpc) is 2.68. The van der Waals surface area contributed by atoms with Crippen molar-refractivity contribution in [2.75, 3.05) is 18.5 Å². The second kappa shape index (κ2) is 10.7. The molecule has 0 aliphatic heterocycles. The monoisotopic (exact) mass is 413 g/mol. The van der Waals surface area contributed by atoms with Crippen LogP contribution in [0.15, 0.2) is 24.3 Å². The maximum Gasteiger partial charge on any atom is 0.412 e. The Hall–Kier alpha value is -2.93. The molecule has 0 bridgehead atoms. The van der Waals surface area contributed by atoms with Crippen LogP contribution in [0.3, 0.4) is 0 Å². The van der Waals surface area contributed by atoms with E-state index in [9.17, 15) is 9.59 Å². The predicted octanol–water partition coefficient (Wildman–Crippen LogP) is 4.13. The number of rotatable bonds is 8. The standard InChI is InChI=1S/C23H31N3O4/c1-6-29-20(27)13-30-23(28)26-22-16(5)25-19(11-14(2)3)18(12-24)21(22)17-9-7-15(4)8-10-17/h7-10,14H,6,11-13,24H2,1-5H3,(H,26,28). The summed E-state index contributed by atoms with van der Waals surface area (Å²) in [6, 6.07) is 8.02. The number of anilines is 1. The Morgan fingerprint density at radius 2 is 1.80 bits per heavy atom. The smallest absolute Gasteiger partial charge is 0.412 e. The van der Waals surface area contributed by atoms with Crippen molar-refractivity contribution in [1.82, 2.24) is 4.98 Å². The van der Waals surface area contributed by atoms with Gasteiger partial charge in [0.25, 0.3) is 0 Å². The van der Waals surface area contributed by atoms with Crippen molar-refractivity contribution in [2.45, 2.75) is 47.6 Å². The summed E-state index contributed by atoms with van der Waals surface area (Å²) in [6.45, 7) is 9.84. The van der Waals surface area contributed by atoms with Crippen molar-refractivity contribution in [3.63, 3.8) is 0 Å². The van der Waals surface area contributed by atoms with Crippen LogP contribution in [0.5, 0.6) is 0 Å². The van der Waals surface area contributed by atoms with Gasteiger partial charge in [-0.05, 0) is 44.2 Å². The quantitative estimate of drug-likeness (QED) is 0.631. The van der Waals surface area contributed by atoms with Gasteiger partial charge in [0.05, 0.1) is 18.0 Å². The zero-order valence-electron chi connectivity index (χ0n) is 18.4. The molecule has 1 heterocycles. The van der Waals surface area contributed by atoms with E-state index in [-0.39, 0.29) is 13.2 Å². The van der Waals surface area contributed by atoms with Crippen LogP contribution >= 0.6 is 0 Å². The van der Waals surface area contributed by atoms with Gasteiger partial charge in [0.1, 0.15) is 0 Å². The summed E-state index contributed by atoms with van der Waals surface area (Å²) in [6.07, 6.45) is 0.0284. The Morgan fingerprint density at radius 3 is 2.37 bits per heavy atom. The number of ether oxygens (including phenoxy) is 2. The molecule has 0 saturated heterocycles. The van der Waals surface area contributed by atoms with Crippen molar-refractivity contribution in [3.05, 3.63) is 46.8 Å². The molecule has 0 aliphatic rings. The predicted molar refractivity (Wildman–Crippen MR) is 117 cm³/mol. The van der Waals surface area contributed by atoms with E-state index in [1.807, 2.05) is 38.1 Å². The largest absolute Gasteiger partial charge is 0.463 e. The number of aryl methyl sites for hydroxylation is 2. The van der Waals surface area contributed by atoms with Gasteiger partial charge in [-0.25, -0.2) is 9.59 Å². The first kappa shape index (κ1) is 23.3. The lowest BCUT2D eigenvalue weighted by atomic mass is 9.92.